The predicted molar refractivity (Wildman–Crippen MR) is 114 cm³/mol. The third kappa shape index (κ3) is 3.99. The number of nitrogens with zero attached hydrogens (tertiary/aromatic N) is 3. The molecule has 154 valence electrons. The number of thioether (sulfide) groups is 1. The van der Waals surface area contributed by atoms with Gasteiger partial charge in [-0.3, -0.25) is 4.79 Å². The lowest BCUT2D eigenvalue weighted by molar-refractivity contribution is -0.113. The monoisotopic (exact) mass is 446 g/mol. The minimum absolute atomic E-state index is 0.0548. The van der Waals surface area contributed by atoms with Gasteiger partial charge in [0.05, 0.1) is 17.9 Å². The molecule has 0 radical (unpaired) electrons. The molecule has 0 spiro atoms. The van der Waals surface area contributed by atoms with Crippen molar-refractivity contribution >= 4 is 45.9 Å². The Morgan fingerprint density at radius 2 is 2.13 bits per heavy atom. The number of para-hydroxylation sites is 1. The molecule has 1 N–H and O–H groups in total. The molecule has 0 aliphatic carbocycles. The topological polar surface area (TPSA) is 82.2 Å². The molecular formula is C20H16ClFN4O3S. The summed E-state index contributed by atoms with van der Waals surface area (Å²) < 4.78 is 26.2. The van der Waals surface area contributed by atoms with Gasteiger partial charge in [-0.25, -0.2) is 4.39 Å². The Labute approximate surface area is 180 Å². The second kappa shape index (κ2) is 8.37. The highest BCUT2D eigenvalue weighted by Crippen LogP contribution is 2.33. The van der Waals surface area contributed by atoms with Gasteiger partial charge in [-0.1, -0.05) is 35.5 Å². The average molecular weight is 447 g/mol. The van der Waals surface area contributed by atoms with Crippen molar-refractivity contribution in [3.63, 3.8) is 0 Å². The zero-order valence-electron chi connectivity index (χ0n) is 16.0. The number of ether oxygens (including phenoxy) is 1. The molecule has 0 aliphatic heterocycles. The van der Waals surface area contributed by atoms with Crippen LogP contribution in [-0.2, 0) is 11.8 Å². The number of carbonyl (C=O) groups is 1. The molecule has 0 aliphatic rings. The molecule has 7 nitrogen and oxygen atoms in total. The zero-order chi connectivity index (χ0) is 21.3. The Bertz CT molecular complexity index is 1240. The van der Waals surface area contributed by atoms with Crippen LogP contribution >= 0.6 is 23.4 Å². The summed E-state index contributed by atoms with van der Waals surface area (Å²) in [5.74, 6) is 0.977. The summed E-state index contributed by atoms with van der Waals surface area (Å²) in [6.45, 7) is 0. The first-order valence-corrected chi connectivity index (χ1v) is 10.2. The molecule has 2 aromatic carbocycles. The number of hydrogen-bond acceptors (Lipinski definition) is 6. The fourth-order valence-electron chi connectivity index (χ4n) is 2.86. The number of aromatic nitrogens is 3. The lowest BCUT2D eigenvalue weighted by Crippen LogP contribution is -2.14. The van der Waals surface area contributed by atoms with E-state index in [2.05, 4.69) is 15.5 Å². The predicted octanol–water partition coefficient (Wildman–Crippen LogP) is 4.76. The molecule has 4 rings (SSSR count). The van der Waals surface area contributed by atoms with Crippen LogP contribution in [0.2, 0.25) is 5.02 Å². The normalized spacial score (nSPS) is 11.1. The van der Waals surface area contributed by atoms with Gasteiger partial charge in [0, 0.05) is 18.1 Å². The maximum absolute atomic E-state index is 13.2. The number of rotatable bonds is 6. The van der Waals surface area contributed by atoms with Crippen LogP contribution in [0.15, 0.2) is 52.0 Å². The smallest absolute Gasteiger partial charge is 0.234 e. The molecule has 0 bridgehead atoms. The first-order chi connectivity index (χ1) is 14.5. The summed E-state index contributed by atoms with van der Waals surface area (Å²) in [7, 11) is 3.37. The summed E-state index contributed by atoms with van der Waals surface area (Å²) in [6, 6.07) is 11.5. The summed E-state index contributed by atoms with van der Waals surface area (Å²) >= 11 is 6.95. The van der Waals surface area contributed by atoms with Crippen LogP contribution in [-0.4, -0.2) is 33.5 Å². The minimum atomic E-state index is -0.543. The molecule has 0 saturated heterocycles. The van der Waals surface area contributed by atoms with E-state index in [1.807, 2.05) is 24.3 Å². The van der Waals surface area contributed by atoms with E-state index in [4.69, 9.17) is 20.8 Å². The number of anilines is 1. The number of amides is 1. The van der Waals surface area contributed by atoms with Crippen LogP contribution in [0.5, 0.6) is 5.75 Å². The van der Waals surface area contributed by atoms with Gasteiger partial charge in [-0.15, -0.1) is 10.2 Å². The number of carbonyl (C=O) groups excluding carboxylic acids is 1. The van der Waals surface area contributed by atoms with Crippen LogP contribution in [0.25, 0.3) is 22.6 Å². The van der Waals surface area contributed by atoms with Crippen LogP contribution in [0.4, 0.5) is 10.1 Å². The number of methoxy groups -OCH3 is 1. The van der Waals surface area contributed by atoms with Gasteiger partial charge in [0.15, 0.2) is 28.1 Å². The molecule has 0 unspecified atom stereocenters. The van der Waals surface area contributed by atoms with Crippen molar-refractivity contribution in [2.45, 2.75) is 5.16 Å². The summed E-state index contributed by atoms with van der Waals surface area (Å²) in [6.07, 6.45) is 0. The molecule has 1 amide bonds. The van der Waals surface area contributed by atoms with Crippen molar-refractivity contribution in [2.24, 2.45) is 7.05 Å². The first-order valence-electron chi connectivity index (χ1n) is 8.80. The maximum atomic E-state index is 13.2. The largest absolute Gasteiger partial charge is 0.493 e. The van der Waals surface area contributed by atoms with E-state index in [9.17, 15) is 9.18 Å². The number of hydrogen-bond donors (Lipinski definition) is 1. The van der Waals surface area contributed by atoms with Gasteiger partial charge in [0.2, 0.25) is 5.91 Å². The maximum Gasteiger partial charge on any atom is 0.234 e. The second-order valence-electron chi connectivity index (χ2n) is 6.32. The number of fused-ring (bicyclic) bond motifs is 1. The van der Waals surface area contributed by atoms with Crippen molar-refractivity contribution in [3.8, 4) is 17.3 Å². The number of halogens is 2. The molecule has 2 heterocycles. The summed E-state index contributed by atoms with van der Waals surface area (Å²) in [5.41, 5.74) is 1.05. The van der Waals surface area contributed by atoms with Crippen molar-refractivity contribution in [3.05, 3.63) is 53.3 Å². The lowest BCUT2D eigenvalue weighted by Gasteiger charge is -2.06. The van der Waals surface area contributed by atoms with E-state index in [0.717, 1.165) is 5.39 Å². The minimum Gasteiger partial charge on any atom is -0.493 e. The SMILES string of the molecule is COc1cccc2cc(-c3nnc(SCC(=O)Nc4ccc(F)c(Cl)c4)n3C)oc12. The molecular weight excluding hydrogens is 431 g/mol. The standard InChI is InChI=1S/C20H16ClFN4O3S/c1-26-19(16-8-11-4-3-5-15(28-2)18(11)29-16)24-25-20(26)30-10-17(27)23-12-6-7-14(22)13(21)9-12/h3-9H,10H2,1-2H3,(H,23,27). The van der Waals surface area contributed by atoms with E-state index in [1.165, 1.54) is 30.0 Å². The summed E-state index contributed by atoms with van der Waals surface area (Å²) in [4.78, 5) is 12.2. The molecule has 0 saturated carbocycles. The molecule has 10 heteroatoms. The second-order valence-corrected chi connectivity index (χ2v) is 7.67. The van der Waals surface area contributed by atoms with Crippen LogP contribution in [0.3, 0.4) is 0 Å². The Morgan fingerprint density at radius 1 is 1.30 bits per heavy atom. The number of benzene rings is 2. The van der Waals surface area contributed by atoms with Gasteiger partial charge in [0.25, 0.3) is 0 Å². The quantitative estimate of drug-likeness (QED) is 0.430. The molecule has 2 aromatic heterocycles. The van der Waals surface area contributed by atoms with Crippen LogP contribution < -0.4 is 10.1 Å². The van der Waals surface area contributed by atoms with Gasteiger partial charge in [-0.05, 0) is 30.3 Å². The van der Waals surface area contributed by atoms with E-state index in [1.54, 1.807) is 18.7 Å². The molecule has 0 atom stereocenters. The zero-order valence-corrected chi connectivity index (χ0v) is 17.6. The van der Waals surface area contributed by atoms with Gasteiger partial charge in [0.1, 0.15) is 5.82 Å². The fraction of sp³-hybridized carbons (Fsp3) is 0.150. The molecule has 30 heavy (non-hydrogen) atoms. The Kier molecular flexibility index (Phi) is 5.65. The van der Waals surface area contributed by atoms with Gasteiger partial charge in [-0.2, -0.15) is 0 Å². The first kappa shape index (κ1) is 20.2. The summed E-state index contributed by atoms with van der Waals surface area (Å²) in [5, 5.41) is 12.4. The van der Waals surface area contributed by atoms with Crippen molar-refractivity contribution in [2.75, 3.05) is 18.2 Å². The Balaban J connectivity index is 1.47. The molecule has 0 fully saturated rings. The van der Waals surface area contributed by atoms with E-state index < -0.39 is 5.82 Å². The highest BCUT2D eigenvalue weighted by atomic mass is 35.5. The van der Waals surface area contributed by atoms with Crippen molar-refractivity contribution in [1.29, 1.82) is 0 Å². The lowest BCUT2D eigenvalue weighted by atomic mass is 10.2. The van der Waals surface area contributed by atoms with E-state index in [0.29, 0.717) is 33.8 Å². The van der Waals surface area contributed by atoms with Crippen LogP contribution in [0, 0.1) is 5.82 Å². The molecule has 4 aromatic rings. The third-order valence-corrected chi connectivity index (χ3v) is 5.63. The fourth-order valence-corrected chi connectivity index (χ4v) is 3.76. The van der Waals surface area contributed by atoms with Crippen LogP contribution in [0.1, 0.15) is 0 Å². The Hall–Kier alpha value is -3.04. The third-order valence-electron chi connectivity index (χ3n) is 4.32. The average Bonchev–Trinajstić information content (AvgIpc) is 3.32. The highest BCUT2D eigenvalue weighted by Gasteiger charge is 2.18. The van der Waals surface area contributed by atoms with Gasteiger partial charge >= 0.3 is 0 Å². The van der Waals surface area contributed by atoms with E-state index >= 15 is 0 Å². The van der Waals surface area contributed by atoms with E-state index in [-0.39, 0.29) is 16.7 Å². The van der Waals surface area contributed by atoms with Crippen molar-refractivity contribution in [1.82, 2.24) is 14.8 Å². The van der Waals surface area contributed by atoms with Crippen molar-refractivity contribution < 1.29 is 18.3 Å². The number of furan rings is 1. The number of nitrogens with one attached hydrogen (secondary N) is 1. The Morgan fingerprint density at radius 3 is 2.90 bits per heavy atom. The highest BCUT2D eigenvalue weighted by molar-refractivity contribution is 7.99. The van der Waals surface area contributed by atoms with Gasteiger partial charge < -0.3 is 19.0 Å².